The van der Waals surface area contributed by atoms with Gasteiger partial charge in [0.15, 0.2) is 5.84 Å². The molecule has 3 N–H and O–H groups in total. The number of hydrogen-bond acceptors (Lipinski definition) is 3. The molecule has 0 spiro atoms. The summed E-state index contributed by atoms with van der Waals surface area (Å²) in [6.07, 6.45) is 0. The average Bonchev–Trinajstić information content (AvgIpc) is 2.47. The van der Waals surface area contributed by atoms with Gasteiger partial charge in [0.2, 0.25) is 0 Å². The molecule has 0 saturated heterocycles. The summed E-state index contributed by atoms with van der Waals surface area (Å²) in [6.45, 7) is 2.70. The standard InChI is InChI=1S/C7H10BrN3S/c1-2-10-7(11-9)5-3-4-6(8)12-5/h3-4H,2,9H2,1H3,(H,10,11). The maximum Gasteiger partial charge on any atom is 0.152 e. The molecule has 1 aromatic heterocycles. The van der Waals surface area contributed by atoms with Gasteiger partial charge in [-0.3, -0.25) is 4.99 Å². The first kappa shape index (κ1) is 9.70. The van der Waals surface area contributed by atoms with E-state index < -0.39 is 0 Å². The number of rotatable bonds is 2. The van der Waals surface area contributed by atoms with Gasteiger partial charge in [0.1, 0.15) is 0 Å². The van der Waals surface area contributed by atoms with E-state index in [9.17, 15) is 0 Å². The van der Waals surface area contributed by atoms with Gasteiger partial charge in [-0.2, -0.15) is 0 Å². The molecule has 1 aromatic rings. The molecule has 0 aliphatic heterocycles. The summed E-state index contributed by atoms with van der Waals surface area (Å²) in [5.74, 6) is 6.05. The van der Waals surface area contributed by atoms with Crippen LogP contribution in [0.2, 0.25) is 0 Å². The number of halogens is 1. The van der Waals surface area contributed by atoms with Crippen LogP contribution in [0.25, 0.3) is 0 Å². The van der Waals surface area contributed by atoms with Crippen molar-refractivity contribution in [3.8, 4) is 0 Å². The summed E-state index contributed by atoms with van der Waals surface area (Å²) in [5.41, 5.74) is 2.57. The summed E-state index contributed by atoms with van der Waals surface area (Å²) < 4.78 is 1.08. The zero-order valence-corrected chi connectivity index (χ0v) is 9.08. The zero-order valence-electron chi connectivity index (χ0n) is 6.67. The highest BCUT2D eigenvalue weighted by atomic mass is 79.9. The molecule has 5 heteroatoms. The van der Waals surface area contributed by atoms with Crippen LogP contribution in [0.5, 0.6) is 0 Å². The van der Waals surface area contributed by atoms with Gasteiger partial charge in [-0.15, -0.1) is 11.3 Å². The minimum absolute atomic E-state index is 0.731. The number of hydrogen-bond donors (Lipinski definition) is 2. The highest BCUT2D eigenvalue weighted by molar-refractivity contribution is 9.11. The van der Waals surface area contributed by atoms with E-state index in [1.807, 2.05) is 19.1 Å². The third kappa shape index (κ3) is 2.30. The lowest BCUT2D eigenvalue weighted by molar-refractivity contribution is 0.995. The number of nitrogens with one attached hydrogen (secondary N) is 1. The number of hydrazine groups is 1. The normalized spacial score (nSPS) is 11.8. The van der Waals surface area contributed by atoms with Crippen LogP contribution in [0.1, 0.15) is 11.8 Å². The summed E-state index contributed by atoms with van der Waals surface area (Å²) in [5, 5.41) is 0. The fourth-order valence-electron chi connectivity index (χ4n) is 0.794. The van der Waals surface area contributed by atoms with Gasteiger partial charge in [-0.05, 0) is 35.0 Å². The second-order valence-corrected chi connectivity index (χ2v) is 4.53. The van der Waals surface area contributed by atoms with E-state index in [1.165, 1.54) is 0 Å². The number of nitrogens with zero attached hydrogens (tertiary/aromatic N) is 1. The predicted molar refractivity (Wildman–Crippen MR) is 56.4 cm³/mol. The third-order valence-corrected chi connectivity index (χ3v) is 2.89. The van der Waals surface area contributed by atoms with Gasteiger partial charge in [0.25, 0.3) is 0 Å². The van der Waals surface area contributed by atoms with E-state index in [0.717, 1.165) is 21.0 Å². The van der Waals surface area contributed by atoms with Crippen LogP contribution in [0.3, 0.4) is 0 Å². The molecule has 0 atom stereocenters. The van der Waals surface area contributed by atoms with E-state index in [2.05, 4.69) is 26.3 Å². The second-order valence-electron chi connectivity index (χ2n) is 2.07. The molecule has 12 heavy (non-hydrogen) atoms. The molecule has 0 bridgehead atoms. The molecule has 0 saturated carbocycles. The quantitative estimate of drug-likeness (QED) is 0.362. The van der Waals surface area contributed by atoms with Crippen molar-refractivity contribution in [2.24, 2.45) is 10.8 Å². The van der Waals surface area contributed by atoms with Crippen LogP contribution in [0.15, 0.2) is 20.9 Å². The molecule has 0 aliphatic carbocycles. The van der Waals surface area contributed by atoms with Crippen LogP contribution in [-0.4, -0.2) is 12.4 Å². The van der Waals surface area contributed by atoms with Gasteiger partial charge in [-0.25, -0.2) is 5.84 Å². The van der Waals surface area contributed by atoms with E-state index in [4.69, 9.17) is 5.84 Å². The highest BCUT2D eigenvalue weighted by Gasteiger charge is 2.03. The fourth-order valence-corrected chi connectivity index (χ4v) is 2.15. The van der Waals surface area contributed by atoms with Gasteiger partial charge in [-0.1, -0.05) is 0 Å². The molecule has 0 radical (unpaired) electrons. The van der Waals surface area contributed by atoms with Crippen LogP contribution in [0, 0.1) is 0 Å². The van der Waals surface area contributed by atoms with E-state index in [-0.39, 0.29) is 0 Å². The molecule has 66 valence electrons. The topological polar surface area (TPSA) is 50.4 Å². The largest absolute Gasteiger partial charge is 0.308 e. The Bertz CT molecular complexity index is 282. The van der Waals surface area contributed by atoms with Crippen LogP contribution in [0.4, 0.5) is 0 Å². The van der Waals surface area contributed by atoms with Gasteiger partial charge in [0, 0.05) is 6.54 Å². The van der Waals surface area contributed by atoms with E-state index in [1.54, 1.807) is 11.3 Å². The van der Waals surface area contributed by atoms with Crippen LogP contribution >= 0.6 is 27.3 Å². The molecular formula is C7H10BrN3S. The first-order chi connectivity index (χ1) is 5.77. The van der Waals surface area contributed by atoms with E-state index >= 15 is 0 Å². The Morgan fingerprint density at radius 3 is 2.92 bits per heavy atom. The number of thiophene rings is 1. The van der Waals surface area contributed by atoms with Gasteiger partial charge < -0.3 is 5.43 Å². The molecule has 0 unspecified atom stereocenters. The summed E-state index contributed by atoms with van der Waals surface area (Å²) in [6, 6.07) is 3.95. The smallest absolute Gasteiger partial charge is 0.152 e. The minimum atomic E-state index is 0.731. The summed E-state index contributed by atoms with van der Waals surface area (Å²) in [7, 11) is 0. The first-order valence-electron chi connectivity index (χ1n) is 3.54. The van der Waals surface area contributed by atoms with Crippen molar-refractivity contribution in [2.45, 2.75) is 6.92 Å². The molecule has 3 nitrogen and oxygen atoms in total. The Balaban J connectivity index is 2.87. The number of aliphatic imine (C=N–C) groups is 1. The zero-order chi connectivity index (χ0) is 8.97. The fraction of sp³-hybridized carbons (Fsp3) is 0.286. The molecule has 0 aromatic carbocycles. The highest BCUT2D eigenvalue weighted by Crippen LogP contribution is 2.21. The molecule has 0 fully saturated rings. The van der Waals surface area contributed by atoms with Crippen molar-refractivity contribution in [3.63, 3.8) is 0 Å². The average molecular weight is 248 g/mol. The van der Waals surface area contributed by atoms with Crippen LogP contribution < -0.4 is 11.3 Å². The van der Waals surface area contributed by atoms with Gasteiger partial charge >= 0.3 is 0 Å². The van der Waals surface area contributed by atoms with Crippen molar-refractivity contribution >= 4 is 33.1 Å². The van der Waals surface area contributed by atoms with Crippen LogP contribution in [-0.2, 0) is 0 Å². The Kier molecular flexibility index (Phi) is 3.71. The molecule has 0 aliphatic rings. The van der Waals surface area contributed by atoms with Crippen molar-refractivity contribution in [1.82, 2.24) is 5.43 Å². The monoisotopic (exact) mass is 247 g/mol. The van der Waals surface area contributed by atoms with Crippen molar-refractivity contribution < 1.29 is 0 Å². The predicted octanol–water partition coefficient (Wildman–Crippen LogP) is 1.74. The summed E-state index contributed by atoms with van der Waals surface area (Å²) >= 11 is 4.98. The molecular weight excluding hydrogens is 238 g/mol. The van der Waals surface area contributed by atoms with Crippen molar-refractivity contribution in [2.75, 3.05) is 6.54 Å². The van der Waals surface area contributed by atoms with Gasteiger partial charge in [0.05, 0.1) is 8.66 Å². The Hall–Kier alpha value is -0.390. The molecule has 1 heterocycles. The Labute approximate surface area is 83.8 Å². The molecule has 1 rings (SSSR count). The third-order valence-electron chi connectivity index (χ3n) is 1.26. The molecule has 0 amide bonds. The lowest BCUT2D eigenvalue weighted by Crippen LogP contribution is -2.30. The minimum Gasteiger partial charge on any atom is -0.308 e. The van der Waals surface area contributed by atoms with Crippen molar-refractivity contribution in [1.29, 1.82) is 0 Å². The maximum atomic E-state index is 5.31. The second kappa shape index (κ2) is 4.59. The van der Waals surface area contributed by atoms with Crippen molar-refractivity contribution in [3.05, 3.63) is 20.8 Å². The first-order valence-corrected chi connectivity index (χ1v) is 5.15. The Morgan fingerprint density at radius 2 is 2.50 bits per heavy atom. The lowest BCUT2D eigenvalue weighted by atomic mass is 10.4. The summed E-state index contributed by atoms with van der Waals surface area (Å²) in [4.78, 5) is 5.24. The lowest BCUT2D eigenvalue weighted by Gasteiger charge is -2.00. The maximum absolute atomic E-state index is 5.31. The SMILES string of the molecule is CCN=C(NN)c1ccc(Br)s1. The number of nitrogens with two attached hydrogens (primary N) is 1. The number of amidine groups is 1. The Morgan fingerprint density at radius 1 is 1.75 bits per heavy atom. The van der Waals surface area contributed by atoms with E-state index in [0.29, 0.717) is 0 Å².